The maximum Gasteiger partial charge on any atom is 0.0195 e. The summed E-state index contributed by atoms with van der Waals surface area (Å²) in [5.41, 5.74) is 0. The summed E-state index contributed by atoms with van der Waals surface area (Å²) in [6.07, 6.45) is 11.4. The summed E-state index contributed by atoms with van der Waals surface area (Å²) >= 11 is 0. The Morgan fingerprint density at radius 2 is 1.50 bits per heavy atom. The first-order valence-electron chi connectivity index (χ1n) is 6.42. The van der Waals surface area contributed by atoms with Crippen LogP contribution in [0.2, 0.25) is 0 Å². The van der Waals surface area contributed by atoms with Crippen LogP contribution in [-0.2, 0) is 0 Å². The Morgan fingerprint density at radius 1 is 0.786 bits per heavy atom. The van der Waals surface area contributed by atoms with E-state index >= 15 is 0 Å². The van der Waals surface area contributed by atoms with Crippen molar-refractivity contribution < 1.29 is 0 Å². The highest BCUT2D eigenvalue weighted by Gasteiger charge is 2.18. The van der Waals surface area contributed by atoms with Gasteiger partial charge in [-0.25, -0.2) is 0 Å². The molecule has 1 saturated carbocycles. The number of hydrogen-bond acceptors (Lipinski definition) is 2. The molecule has 1 saturated heterocycles. The fourth-order valence-electron chi connectivity index (χ4n) is 2.77. The fourth-order valence-corrected chi connectivity index (χ4v) is 2.77. The molecule has 0 aromatic rings. The van der Waals surface area contributed by atoms with E-state index in [-0.39, 0.29) is 0 Å². The van der Waals surface area contributed by atoms with E-state index in [1.165, 1.54) is 64.5 Å². The van der Waals surface area contributed by atoms with Gasteiger partial charge in [0.2, 0.25) is 0 Å². The second kappa shape index (κ2) is 5.72. The highest BCUT2D eigenvalue weighted by atomic mass is 15.0. The molecule has 1 aliphatic carbocycles. The van der Waals surface area contributed by atoms with Gasteiger partial charge in [-0.2, -0.15) is 0 Å². The van der Waals surface area contributed by atoms with Crippen LogP contribution in [0.25, 0.3) is 0 Å². The minimum atomic E-state index is 0.756. The zero-order valence-electron chi connectivity index (χ0n) is 9.23. The van der Waals surface area contributed by atoms with Crippen molar-refractivity contribution in [1.82, 2.24) is 10.6 Å². The van der Waals surface area contributed by atoms with Gasteiger partial charge in [-0.05, 0) is 32.2 Å². The van der Waals surface area contributed by atoms with Gasteiger partial charge < -0.3 is 10.6 Å². The Bertz CT molecular complexity index is 144. The molecule has 0 amide bonds. The van der Waals surface area contributed by atoms with E-state index in [1.54, 1.807) is 0 Å². The molecule has 2 heteroatoms. The van der Waals surface area contributed by atoms with Crippen LogP contribution in [0.5, 0.6) is 0 Å². The largest absolute Gasteiger partial charge is 0.315 e. The van der Waals surface area contributed by atoms with Gasteiger partial charge in [-0.3, -0.25) is 0 Å². The Hall–Kier alpha value is -0.0800. The molecule has 2 aliphatic rings. The number of nitrogens with one attached hydrogen (secondary N) is 2. The Labute approximate surface area is 87.8 Å². The Kier molecular flexibility index (Phi) is 4.26. The average molecular weight is 196 g/mol. The van der Waals surface area contributed by atoms with Crippen molar-refractivity contribution in [2.75, 3.05) is 13.1 Å². The molecule has 1 aliphatic heterocycles. The van der Waals surface area contributed by atoms with Crippen molar-refractivity contribution in [2.24, 2.45) is 0 Å². The van der Waals surface area contributed by atoms with Crippen LogP contribution in [0.15, 0.2) is 0 Å². The van der Waals surface area contributed by atoms with E-state index in [0.29, 0.717) is 0 Å². The van der Waals surface area contributed by atoms with E-state index in [0.717, 1.165) is 12.1 Å². The molecule has 14 heavy (non-hydrogen) atoms. The van der Waals surface area contributed by atoms with Crippen molar-refractivity contribution >= 4 is 0 Å². The molecule has 1 atom stereocenters. The van der Waals surface area contributed by atoms with Crippen LogP contribution >= 0.6 is 0 Å². The van der Waals surface area contributed by atoms with Crippen LogP contribution < -0.4 is 10.6 Å². The molecule has 2 rings (SSSR count). The summed E-state index contributed by atoms with van der Waals surface area (Å²) in [6, 6.07) is 1.58. The fraction of sp³-hybridized carbons (Fsp3) is 1.00. The standard InChI is InChI=1S/C12H24N2/c1-2-4-7-11(6-3-1)14-12-8-5-9-13-10-12/h11-14H,1-10H2. The normalized spacial score (nSPS) is 31.3. The van der Waals surface area contributed by atoms with Crippen LogP contribution in [0.4, 0.5) is 0 Å². The molecule has 2 fully saturated rings. The maximum atomic E-state index is 3.84. The molecule has 0 aromatic heterocycles. The molecule has 82 valence electrons. The van der Waals surface area contributed by atoms with Crippen LogP contribution in [0.1, 0.15) is 51.4 Å². The first kappa shape index (κ1) is 10.4. The second-order valence-electron chi connectivity index (χ2n) is 4.90. The molecule has 1 unspecified atom stereocenters. The molecule has 0 radical (unpaired) electrons. The lowest BCUT2D eigenvalue weighted by molar-refractivity contribution is 0.332. The first-order chi connectivity index (χ1) is 6.95. The van der Waals surface area contributed by atoms with Crippen molar-refractivity contribution in [3.8, 4) is 0 Å². The van der Waals surface area contributed by atoms with Gasteiger partial charge in [0.25, 0.3) is 0 Å². The Morgan fingerprint density at radius 3 is 2.14 bits per heavy atom. The van der Waals surface area contributed by atoms with E-state index in [1.807, 2.05) is 0 Å². The molecule has 0 bridgehead atoms. The van der Waals surface area contributed by atoms with Gasteiger partial charge >= 0.3 is 0 Å². The highest BCUT2D eigenvalue weighted by Crippen LogP contribution is 2.18. The van der Waals surface area contributed by atoms with Crippen LogP contribution in [0, 0.1) is 0 Å². The van der Waals surface area contributed by atoms with Gasteiger partial charge in [-0.15, -0.1) is 0 Å². The van der Waals surface area contributed by atoms with E-state index in [9.17, 15) is 0 Å². The van der Waals surface area contributed by atoms with Gasteiger partial charge in [0.1, 0.15) is 0 Å². The maximum absolute atomic E-state index is 3.84. The van der Waals surface area contributed by atoms with Gasteiger partial charge in [0, 0.05) is 18.6 Å². The lowest BCUT2D eigenvalue weighted by Crippen LogP contribution is -2.47. The topological polar surface area (TPSA) is 24.1 Å². The van der Waals surface area contributed by atoms with Crippen molar-refractivity contribution in [3.05, 3.63) is 0 Å². The van der Waals surface area contributed by atoms with Gasteiger partial charge in [0.15, 0.2) is 0 Å². The Balaban J connectivity index is 1.71. The SMILES string of the molecule is C1CCCC(NC2CCCNC2)CC1. The van der Waals surface area contributed by atoms with Gasteiger partial charge in [-0.1, -0.05) is 25.7 Å². The average Bonchev–Trinajstić information content (AvgIpc) is 2.48. The molecule has 0 spiro atoms. The second-order valence-corrected chi connectivity index (χ2v) is 4.90. The predicted molar refractivity (Wildman–Crippen MR) is 60.5 cm³/mol. The number of hydrogen-bond donors (Lipinski definition) is 2. The first-order valence-corrected chi connectivity index (χ1v) is 6.42. The molecule has 2 N–H and O–H groups in total. The van der Waals surface area contributed by atoms with Crippen molar-refractivity contribution in [2.45, 2.75) is 63.5 Å². The lowest BCUT2D eigenvalue weighted by atomic mass is 10.0. The summed E-state index contributed by atoms with van der Waals surface area (Å²) in [6.45, 7) is 2.42. The number of rotatable bonds is 2. The minimum absolute atomic E-state index is 0.756. The molecule has 1 heterocycles. The third-order valence-electron chi connectivity index (χ3n) is 3.62. The summed E-state index contributed by atoms with van der Waals surface area (Å²) in [7, 11) is 0. The van der Waals surface area contributed by atoms with E-state index in [4.69, 9.17) is 0 Å². The molecule has 2 nitrogen and oxygen atoms in total. The molecular weight excluding hydrogens is 172 g/mol. The number of piperidine rings is 1. The third kappa shape index (κ3) is 3.25. The lowest BCUT2D eigenvalue weighted by Gasteiger charge is -2.28. The van der Waals surface area contributed by atoms with Gasteiger partial charge in [0.05, 0.1) is 0 Å². The van der Waals surface area contributed by atoms with Crippen LogP contribution in [-0.4, -0.2) is 25.2 Å². The van der Waals surface area contributed by atoms with Crippen molar-refractivity contribution in [3.63, 3.8) is 0 Å². The predicted octanol–water partition coefficient (Wildman–Crippen LogP) is 2.05. The van der Waals surface area contributed by atoms with E-state index < -0.39 is 0 Å². The van der Waals surface area contributed by atoms with Crippen LogP contribution in [0.3, 0.4) is 0 Å². The zero-order valence-corrected chi connectivity index (χ0v) is 9.23. The quantitative estimate of drug-likeness (QED) is 0.661. The monoisotopic (exact) mass is 196 g/mol. The molecule has 0 aromatic carbocycles. The van der Waals surface area contributed by atoms with E-state index in [2.05, 4.69) is 10.6 Å². The van der Waals surface area contributed by atoms with Crippen molar-refractivity contribution in [1.29, 1.82) is 0 Å². The summed E-state index contributed by atoms with van der Waals surface area (Å²) in [5, 5.41) is 7.31. The summed E-state index contributed by atoms with van der Waals surface area (Å²) in [5.74, 6) is 0. The summed E-state index contributed by atoms with van der Waals surface area (Å²) in [4.78, 5) is 0. The smallest absolute Gasteiger partial charge is 0.0195 e. The summed E-state index contributed by atoms with van der Waals surface area (Å²) < 4.78 is 0. The minimum Gasteiger partial charge on any atom is -0.315 e. The highest BCUT2D eigenvalue weighted by molar-refractivity contribution is 4.80. The molecular formula is C12H24N2. The third-order valence-corrected chi connectivity index (χ3v) is 3.62. The zero-order chi connectivity index (χ0) is 9.64.